The number of sulfonamides is 1. The fourth-order valence-electron chi connectivity index (χ4n) is 3.65. The van der Waals surface area contributed by atoms with Crippen molar-refractivity contribution in [1.29, 1.82) is 0 Å². The van der Waals surface area contributed by atoms with Crippen LogP contribution in [0.5, 0.6) is 0 Å². The van der Waals surface area contributed by atoms with Gasteiger partial charge in [-0.15, -0.1) is 0 Å². The highest BCUT2D eigenvalue weighted by Gasteiger charge is 2.20. The molecule has 0 spiro atoms. The van der Waals surface area contributed by atoms with E-state index in [9.17, 15) is 13.2 Å². The summed E-state index contributed by atoms with van der Waals surface area (Å²) in [5.74, 6) is -0.297. The van der Waals surface area contributed by atoms with E-state index in [-0.39, 0.29) is 16.8 Å². The van der Waals surface area contributed by atoms with Crippen molar-refractivity contribution in [3.8, 4) is 0 Å². The van der Waals surface area contributed by atoms with Crippen LogP contribution in [0.1, 0.15) is 38.7 Å². The van der Waals surface area contributed by atoms with Gasteiger partial charge in [-0.3, -0.25) is 9.52 Å². The van der Waals surface area contributed by atoms with E-state index in [1.54, 1.807) is 43.3 Å². The molecule has 4 aromatic rings. The number of amides is 1. The number of carbonyl (C=O) groups excluding carboxylic acids is 1. The first-order valence-electron chi connectivity index (χ1n) is 10.9. The molecular formula is C28H26N2O3S. The van der Waals surface area contributed by atoms with Gasteiger partial charge in [0.05, 0.1) is 16.6 Å². The van der Waals surface area contributed by atoms with Gasteiger partial charge in [0, 0.05) is 5.56 Å². The Morgan fingerprint density at radius 3 is 1.97 bits per heavy atom. The molecule has 2 N–H and O–H groups in total. The van der Waals surface area contributed by atoms with Crippen molar-refractivity contribution >= 4 is 21.6 Å². The summed E-state index contributed by atoms with van der Waals surface area (Å²) < 4.78 is 28.2. The SMILES string of the molecule is Cc1ccc(C(NC(=O)c2ccc(C)c(NS(=O)(=O)c3ccccc3)c2)c2ccccc2)cc1. The predicted octanol–water partition coefficient (Wildman–Crippen LogP) is 5.62. The summed E-state index contributed by atoms with van der Waals surface area (Å²) in [5.41, 5.74) is 4.50. The Kier molecular flexibility index (Phi) is 6.80. The minimum Gasteiger partial charge on any atom is -0.341 e. The van der Waals surface area contributed by atoms with Crippen LogP contribution >= 0.6 is 0 Å². The topological polar surface area (TPSA) is 75.3 Å². The Labute approximate surface area is 200 Å². The molecule has 4 aromatic carbocycles. The highest BCUT2D eigenvalue weighted by Crippen LogP contribution is 2.25. The molecule has 0 bridgehead atoms. The summed E-state index contributed by atoms with van der Waals surface area (Å²) in [6, 6.07) is 30.6. The second-order valence-electron chi connectivity index (χ2n) is 8.18. The number of anilines is 1. The van der Waals surface area contributed by atoms with E-state index in [0.717, 1.165) is 16.7 Å². The number of hydrogen-bond acceptors (Lipinski definition) is 3. The monoisotopic (exact) mass is 470 g/mol. The minimum absolute atomic E-state index is 0.160. The van der Waals surface area contributed by atoms with Gasteiger partial charge in [0.2, 0.25) is 0 Å². The van der Waals surface area contributed by atoms with Crippen molar-refractivity contribution in [2.24, 2.45) is 0 Å². The zero-order valence-corrected chi connectivity index (χ0v) is 19.8. The van der Waals surface area contributed by atoms with Crippen LogP contribution in [0.25, 0.3) is 0 Å². The third-order valence-electron chi connectivity index (χ3n) is 5.62. The molecule has 34 heavy (non-hydrogen) atoms. The standard InChI is InChI=1S/C28H26N2O3S/c1-20-13-16-23(17-14-20)27(22-9-5-3-6-10-22)29-28(31)24-18-15-21(2)26(19-24)30-34(32,33)25-11-7-4-8-12-25/h3-19,27,30H,1-2H3,(H,29,31). The molecule has 1 unspecified atom stereocenters. The van der Waals surface area contributed by atoms with Crippen LogP contribution in [0, 0.1) is 13.8 Å². The summed E-state index contributed by atoms with van der Waals surface area (Å²) >= 11 is 0. The normalized spacial score (nSPS) is 12.1. The third kappa shape index (κ3) is 5.35. The van der Waals surface area contributed by atoms with Gasteiger partial charge in [-0.2, -0.15) is 0 Å². The van der Waals surface area contributed by atoms with Gasteiger partial charge in [0.15, 0.2) is 0 Å². The minimum atomic E-state index is -3.77. The molecule has 0 aliphatic heterocycles. The molecule has 0 saturated heterocycles. The van der Waals surface area contributed by atoms with Gasteiger partial charge >= 0.3 is 0 Å². The highest BCUT2D eigenvalue weighted by atomic mass is 32.2. The Bertz CT molecular complexity index is 1390. The number of aryl methyl sites for hydroxylation is 2. The Morgan fingerprint density at radius 2 is 1.32 bits per heavy atom. The second-order valence-corrected chi connectivity index (χ2v) is 9.86. The Morgan fingerprint density at radius 1 is 0.735 bits per heavy atom. The lowest BCUT2D eigenvalue weighted by Gasteiger charge is -2.21. The van der Waals surface area contributed by atoms with Gasteiger partial charge in [0.25, 0.3) is 15.9 Å². The van der Waals surface area contributed by atoms with Crippen LogP contribution in [0.4, 0.5) is 5.69 Å². The molecule has 4 rings (SSSR count). The van der Waals surface area contributed by atoms with Gasteiger partial charge in [-0.25, -0.2) is 8.42 Å². The number of benzene rings is 4. The molecule has 0 aliphatic carbocycles. The highest BCUT2D eigenvalue weighted by molar-refractivity contribution is 7.92. The van der Waals surface area contributed by atoms with E-state index in [0.29, 0.717) is 16.8 Å². The summed E-state index contributed by atoms with van der Waals surface area (Å²) in [4.78, 5) is 13.4. The molecule has 1 atom stereocenters. The largest absolute Gasteiger partial charge is 0.341 e. The maximum atomic E-state index is 13.3. The van der Waals surface area contributed by atoms with Gasteiger partial charge in [-0.05, 0) is 54.8 Å². The van der Waals surface area contributed by atoms with E-state index in [4.69, 9.17) is 0 Å². The molecule has 0 radical (unpaired) electrons. The smallest absolute Gasteiger partial charge is 0.261 e. The zero-order chi connectivity index (χ0) is 24.1. The van der Waals surface area contributed by atoms with Gasteiger partial charge < -0.3 is 5.32 Å². The molecule has 0 aliphatic rings. The van der Waals surface area contributed by atoms with Crippen LogP contribution in [0.15, 0.2) is 108 Å². The molecule has 0 fully saturated rings. The number of hydrogen-bond donors (Lipinski definition) is 2. The van der Waals surface area contributed by atoms with Crippen LogP contribution < -0.4 is 10.0 Å². The van der Waals surface area contributed by atoms with Crippen LogP contribution in [-0.2, 0) is 10.0 Å². The van der Waals surface area contributed by atoms with E-state index in [2.05, 4.69) is 10.0 Å². The van der Waals surface area contributed by atoms with E-state index >= 15 is 0 Å². The Balaban J connectivity index is 1.62. The van der Waals surface area contributed by atoms with E-state index < -0.39 is 10.0 Å². The average molecular weight is 471 g/mol. The average Bonchev–Trinajstić information content (AvgIpc) is 2.85. The lowest BCUT2D eigenvalue weighted by Crippen LogP contribution is -2.29. The predicted molar refractivity (Wildman–Crippen MR) is 135 cm³/mol. The first-order valence-corrected chi connectivity index (χ1v) is 12.4. The van der Waals surface area contributed by atoms with Crippen molar-refractivity contribution < 1.29 is 13.2 Å². The van der Waals surface area contributed by atoms with Crippen molar-refractivity contribution in [2.75, 3.05) is 4.72 Å². The third-order valence-corrected chi connectivity index (χ3v) is 7.00. The zero-order valence-electron chi connectivity index (χ0n) is 19.0. The van der Waals surface area contributed by atoms with E-state index in [1.165, 1.54) is 12.1 Å². The molecule has 0 aromatic heterocycles. The molecular weight excluding hydrogens is 444 g/mol. The molecule has 172 valence electrons. The molecule has 0 saturated carbocycles. The Hall–Kier alpha value is -3.90. The maximum Gasteiger partial charge on any atom is 0.261 e. The van der Waals surface area contributed by atoms with Crippen LogP contribution in [0.2, 0.25) is 0 Å². The van der Waals surface area contributed by atoms with Crippen LogP contribution in [0.3, 0.4) is 0 Å². The van der Waals surface area contributed by atoms with Crippen LogP contribution in [-0.4, -0.2) is 14.3 Å². The number of carbonyl (C=O) groups is 1. The summed E-state index contributed by atoms with van der Waals surface area (Å²) in [6.07, 6.45) is 0. The lowest BCUT2D eigenvalue weighted by molar-refractivity contribution is 0.0943. The molecule has 0 heterocycles. The van der Waals surface area contributed by atoms with Gasteiger partial charge in [-0.1, -0.05) is 84.4 Å². The lowest BCUT2D eigenvalue weighted by atomic mass is 9.97. The molecule has 5 nitrogen and oxygen atoms in total. The first-order chi connectivity index (χ1) is 16.3. The molecule has 1 amide bonds. The summed E-state index contributed by atoms with van der Waals surface area (Å²) in [6.45, 7) is 3.81. The first kappa shape index (κ1) is 23.3. The van der Waals surface area contributed by atoms with E-state index in [1.807, 2.05) is 61.5 Å². The number of nitrogens with one attached hydrogen (secondary N) is 2. The number of rotatable bonds is 7. The summed E-state index contributed by atoms with van der Waals surface area (Å²) in [5, 5.41) is 3.11. The molecule has 6 heteroatoms. The van der Waals surface area contributed by atoms with Crippen molar-refractivity contribution in [3.05, 3.63) is 131 Å². The fraction of sp³-hybridized carbons (Fsp3) is 0.107. The maximum absolute atomic E-state index is 13.3. The second kappa shape index (κ2) is 9.93. The van der Waals surface area contributed by atoms with Gasteiger partial charge in [0.1, 0.15) is 0 Å². The van der Waals surface area contributed by atoms with Crippen molar-refractivity contribution in [1.82, 2.24) is 5.32 Å². The quantitative estimate of drug-likeness (QED) is 0.368. The van der Waals surface area contributed by atoms with Crippen molar-refractivity contribution in [2.45, 2.75) is 24.8 Å². The van der Waals surface area contributed by atoms with Crippen molar-refractivity contribution in [3.63, 3.8) is 0 Å². The summed E-state index contributed by atoms with van der Waals surface area (Å²) in [7, 11) is -3.77. The fourth-order valence-corrected chi connectivity index (χ4v) is 4.80.